The van der Waals surface area contributed by atoms with Crippen LogP contribution in [0.1, 0.15) is 0 Å². The maximum absolute atomic E-state index is 5.98. The van der Waals surface area contributed by atoms with Crippen molar-refractivity contribution < 1.29 is 4.74 Å². The molecule has 5 heteroatoms. The second-order valence-corrected chi connectivity index (χ2v) is 4.78. The van der Waals surface area contributed by atoms with E-state index in [1.165, 1.54) is 0 Å². The van der Waals surface area contributed by atoms with Crippen molar-refractivity contribution in [1.82, 2.24) is 4.98 Å². The van der Waals surface area contributed by atoms with E-state index in [9.17, 15) is 0 Å². The Labute approximate surface area is 111 Å². The molecule has 0 N–H and O–H groups in total. The highest BCUT2D eigenvalue weighted by Crippen LogP contribution is 2.34. The fourth-order valence-corrected chi connectivity index (χ4v) is 2.85. The van der Waals surface area contributed by atoms with Gasteiger partial charge in [0, 0.05) is 10.4 Å². The minimum absolute atomic E-state index is 0.358. The Bertz CT molecular complexity index is 530. The summed E-state index contributed by atoms with van der Waals surface area (Å²) in [5.74, 6) is 0.604. The Morgan fingerprint density at radius 2 is 2.07 bits per heavy atom. The summed E-state index contributed by atoms with van der Waals surface area (Å²) in [7, 11) is 1.58. The van der Waals surface area contributed by atoms with Crippen LogP contribution in [0.4, 0.5) is 0 Å². The van der Waals surface area contributed by atoms with Crippen LogP contribution in [0.25, 0.3) is 10.9 Å². The molecule has 1 aromatic heterocycles. The Morgan fingerprint density at radius 3 is 2.73 bits per heavy atom. The first-order valence-corrected chi connectivity index (χ1v) is 5.95. The predicted molar refractivity (Wildman–Crippen MR) is 71.0 cm³/mol. The molecule has 2 rings (SSSR count). The van der Waals surface area contributed by atoms with Crippen LogP contribution < -0.4 is 4.74 Å². The third kappa shape index (κ3) is 2.00. The number of nitrogens with zero attached hydrogens (tertiary/aromatic N) is 1. The molecule has 0 amide bonds. The fraction of sp³-hybridized carbons (Fsp3) is 0.100. The normalized spacial score (nSPS) is 10.7. The minimum Gasteiger partial charge on any atom is -0.492 e. The number of hydrogen-bond acceptors (Lipinski definition) is 2. The molecule has 0 saturated carbocycles. The average molecular weight is 354 g/mol. The van der Waals surface area contributed by atoms with Crippen molar-refractivity contribution in [3.63, 3.8) is 0 Å². The van der Waals surface area contributed by atoms with Crippen LogP contribution in [0.2, 0.25) is 10.2 Å². The van der Waals surface area contributed by atoms with Crippen LogP contribution in [0, 0.1) is 3.57 Å². The van der Waals surface area contributed by atoms with Gasteiger partial charge in [-0.05, 0) is 34.7 Å². The molecule has 0 unspecified atom stereocenters. The zero-order valence-electron chi connectivity index (χ0n) is 7.72. The molecule has 0 bridgehead atoms. The van der Waals surface area contributed by atoms with E-state index < -0.39 is 0 Å². The number of aromatic nitrogens is 1. The molecule has 2 aromatic rings. The molecule has 0 radical (unpaired) electrons. The SMILES string of the molecule is COc1c(Cl)nc2cc(Cl)ccc2c1I. The molecule has 15 heavy (non-hydrogen) atoms. The van der Waals surface area contributed by atoms with E-state index in [0.29, 0.717) is 15.9 Å². The molecule has 0 spiro atoms. The first-order valence-electron chi connectivity index (χ1n) is 4.11. The average Bonchev–Trinajstić information content (AvgIpc) is 2.17. The maximum atomic E-state index is 5.98. The van der Waals surface area contributed by atoms with Crippen molar-refractivity contribution in [2.24, 2.45) is 0 Å². The number of halogens is 3. The third-order valence-electron chi connectivity index (χ3n) is 2.01. The van der Waals surface area contributed by atoms with E-state index in [1.54, 1.807) is 13.2 Å². The zero-order valence-corrected chi connectivity index (χ0v) is 11.4. The number of hydrogen-bond donors (Lipinski definition) is 0. The predicted octanol–water partition coefficient (Wildman–Crippen LogP) is 4.15. The molecular formula is C10H6Cl2INO. The van der Waals surface area contributed by atoms with E-state index in [-0.39, 0.29) is 0 Å². The standard InChI is InChI=1S/C10H6Cl2INO/c1-15-9-8(13)6-3-2-5(11)4-7(6)14-10(9)12/h2-4H,1H3. The Kier molecular flexibility index (Phi) is 3.23. The lowest BCUT2D eigenvalue weighted by Crippen LogP contribution is -1.92. The summed E-state index contributed by atoms with van der Waals surface area (Å²) in [6.45, 7) is 0. The van der Waals surface area contributed by atoms with Crippen LogP contribution in [0.3, 0.4) is 0 Å². The van der Waals surface area contributed by atoms with Crippen LogP contribution in [-0.2, 0) is 0 Å². The van der Waals surface area contributed by atoms with Gasteiger partial charge < -0.3 is 4.74 Å². The summed E-state index contributed by atoms with van der Waals surface area (Å²) in [5, 5.41) is 1.99. The van der Waals surface area contributed by atoms with Crippen molar-refractivity contribution in [3.05, 3.63) is 31.9 Å². The maximum Gasteiger partial charge on any atom is 0.172 e. The van der Waals surface area contributed by atoms with Gasteiger partial charge in [-0.1, -0.05) is 29.3 Å². The number of fused-ring (bicyclic) bond motifs is 1. The molecule has 0 aliphatic heterocycles. The lowest BCUT2D eigenvalue weighted by molar-refractivity contribution is 0.411. The van der Waals surface area contributed by atoms with Crippen molar-refractivity contribution in [3.8, 4) is 5.75 Å². The molecule has 78 valence electrons. The second kappa shape index (κ2) is 4.31. The smallest absolute Gasteiger partial charge is 0.172 e. The summed E-state index contributed by atoms with van der Waals surface area (Å²) in [4.78, 5) is 4.22. The Balaban J connectivity index is 2.84. The molecule has 1 aromatic carbocycles. The van der Waals surface area contributed by atoms with Crippen LogP contribution in [-0.4, -0.2) is 12.1 Å². The quantitative estimate of drug-likeness (QED) is 0.567. The van der Waals surface area contributed by atoms with Crippen molar-refractivity contribution in [2.45, 2.75) is 0 Å². The van der Waals surface area contributed by atoms with Crippen molar-refractivity contribution in [2.75, 3.05) is 7.11 Å². The largest absolute Gasteiger partial charge is 0.492 e. The fourth-order valence-electron chi connectivity index (χ4n) is 1.33. The van der Waals surface area contributed by atoms with Gasteiger partial charge in [-0.3, -0.25) is 0 Å². The second-order valence-electron chi connectivity index (χ2n) is 2.91. The molecule has 0 atom stereocenters. The summed E-state index contributed by atoms with van der Waals surface area (Å²) in [5.41, 5.74) is 0.776. The first kappa shape index (κ1) is 11.2. The topological polar surface area (TPSA) is 22.1 Å². The molecule has 0 aliphatic rings. The third-order valence-corrected chi connectivity index (χ3v) is 3.57. The molecule has 0 fully saturated rings. The van der Waals surface area contributed by atoms with E-state index in [1.807, 2.05) is 12.1 Å². The highest BCUT2D eigenvalue weighted by Gasteiger charge is 2.12. The number of rotatable bonds is 1. The van der Waals surface area contributed by atoms with Crippen molar-refractivity contribution >= 4 is 56.7 Å². The monoisotopic (exact) mass is 353 g/mol. The van der Waals surface area contributed by atoms with E-state index >= 15 is 0 Å². The van der Waals surface area contributed by atoms with Crippen LogP contribution >= 0.6 is 45.8 Å². The van der Waals surface area contributed by atoms with Gasteiger partial charge in [0.25, 0.3) is 0 Å². The van der Waals surface area contributed by atoms with Crippen molar-refractivity contribution in [1.29, 1.82) is 0 Å². The minimum atomic E-state index is 0.358. The Morgan fingerprint density at radius 1 is 1.33 bits per heavy atom. The Hall–Kier alpha value is -0.260. The number of methoxy groups -OCH3 is 1. The summed E-state index contributed by atoms with van der Waals surface area (Å²) in [6, 6.07) is 5.51. The number of ether oxygens (including phenoxy) is 1. The van der Waals surface area contributed by atoms with Gasteiger partial charge in [0.1, 0.15) is 0 Å². The van der Waals surface area contributed by atoms with Gasteiger partial charge >= 0.3 is 0 Å². The van der Waals surface area contributed by atoms with E-state index in [0.717, 1.165) is 14.5 Å². The van der Waals surface area contributed by atoms with Gasteiger partial charge in [-0.15, -0.1) is 0 Å². The highest BCUT2D eigenvalue weighted by molar-refractivity contribution is 14.1. The van der Waals surface area contributed by atoms with Gasteiger partial charge in [-0.25, -0.2) is 4.98 Å². The van der Waals surface area contributed by atoms with Crippen LogP contribution in [0.5, 0.6) is 5.75 Å². The van der Waals surface area contributed by atoms with Crippen LogP contribution in [0.15, 0.2) is 18.2 Å². The zero-order chi connectivity index (χ0) is 11.0. The summed E-state index contributed by atoms with van der Waals surface area (Å²) >= 11 is 14.0. The van der Waals surface area contributed by atoms with Gasteiger partial charge in [0.05, 0.1) is 16.2 Å². The molecule has 0 saturated heterocycles. The van der Waals surface area contributed by atoms with Gasteiger partial charge in [-0.2, -0.15) is 0 Å². The molecule has 1 heterocycles. The first-order chi connectivity index (χ1) is 7.13. The lowest BCUT2D eigenvalue weighted by Gasteiger charge is -2.08. The molecule has 2 nitrogen and oxygen atoms in total. The molecular weight excluding hydrogens is 348 g/mol. The lowest BCUT2D eigenvalue weighted by atomic mass is 10.2. The summed E-state index contributed by atoms with van der Waals surface area (Å²) in [6.07, 6.45) is 0. The molecule has 0 aliphatic carbocycles. The van der Waals surface area contributed by atoms with Gasteiger partial charge in [0.2, 0.25) is 0 Å². The number of benzene rings is 1. The van der Waals surface area contributed by atoms with Gasteiger partial charge in [0.15, 0.2) is 10.9 Å². The van der Waals surface area contributed by atoms with E-state index in [2.05, 4.69) is 27.6 Å². The van der Waals surface area contributed by atoms with E-state index in [4.69, 9.17) is 27.9 Å². The summed E-state index contributed by atoms with van der Waals surface area (Å²) < 4.78 is 6.13. The number of pyridine rings is 1. The highest BCUT2D eigenvalue weighted by atomic mass is 127.